The predicted molar refractivity (Wildman–Crippen MR) is 89.0 cm³/mol. The van der Waals surface area contributed by atoms with E-state index < -0.39 is 9.84 Å². The smallest absolute Gasteiger partial charge is 0.246 e. The van der Waals surface area contributed by atoms with Crippen LogP contribution < -0.4 is 4.90 Å². The molecule has 23 heavy (non-hydrogen) atoms. The van der Waals surface area contributed by atoms with Crippen LogP contribution in [0.25, 0.3) is 0 Å². The number of hydrogen-bond donors (Lipinski definition) is 0. The fourth-order valence-corrected chi connectivity index (χ4v) is 3.12. The van der Waals surface area contributed by atoms with E-state index in [1.165, 1.54) is 4.90 Å². The molecule has 0 spiro atoms. The average Bonchev–Trinajstić information content (AvgIpc) is 2.47. The summed E-state index contributed by atoms with van der Waals surface area (Å²) in [7, 11) is -3.19. The Morgan fingerprint density at radius 1 is 1.26 bits per heavy atom. The molecule has 0 radical (unpaired) electrons. The zero-order valence-electron chi connectivity index (χ0n) is 13.7. The highest BCUT2D eigenvalue weighted by molar-refractivity contribution is 7.90. The van der Waals surface area contributed by atoms with Crippen LogP contribution in [0.15, 0.2) is 24.3 Å². The van der Waals surface area contributed by atoms with Crippen molar-refractivity contribution in [1.29, 1.82) is 0 Å². The zero-order chi connectivity index (χ0) is 17.2. The van der Waals surface area contributed by atoms with Gasteiger partial charge in [0.25, 0.3) is 0 Å². The van der Waals surface area contributed by atoms with E-state index in [0.29, 0.717) is 6.54 Å². The number of anilines is 1. The number of carbonyl (C=O) groups excluding carboxylic acids is 2. The van der Waals surface area contributed by atoms with Gasteiger partial charge in [-0.2, -0.15) is 0 Å². The Labute approximate surface area is 137 Å². The molecule has 0 unspecified atom stereocenters. The first-order chi connectivity index (χ1) is 10.7. The number of hydrogen-bond acceptors (Lipinski definition) is 4. The molecule has 1 aliphatic rings. The molecule has 0 aromatic heterocycles. The van der Waals surface area contributed by atoms with Gasteiger partial charge in [0.1, 0.15) is 16.4 Å². The monoisotopic (exact) mass is 338 g/mol. The Bertz CT molecular complexity index is 697. The van der Waals surface area contributed by atoms with Crippen molar-refractivity contribution < 1.29 is 18.0 Å². The maximum Gasteiger partial charge on any atom is 0.246 e. The van der Waals surface area contributed by atoms with E-state index in [1.807, 2.05) is 38.1 Å². The van der Waals surface area contributed by atoms with Crippen molar-refractivity contribution in [2.75, 3.05) is 30.0 Å². The molecule has 2 rings (SSSR count). The van der Waals surface area contributed by atoms with Gasteiger partial charge in [0.05, 0.1) is 5.75 Å². The fourth-order valence-electron chi connectivity index (χ4n) is 2.58. The number of amides is 2. The summed E-state index contributed by atoms with van der Waals surface area (Å²) in [6.45, 7) is 4.24. The third kappa shape index (κ3) is 4.54. The van der Waals surface area contributed by atoms with E-state index in [4.69, 9.17) is 0 Å². The SMILES string of the molecule is Cc1ccc(N2C[C@H](C)N(C(=O)CCS(C)(=O)=O)CC2=O)cc1. The Kier molecular flexibility index (Phi) is 5.09. The Morgan fingerprint density at radius 3 is 2.43 bits per heavy atom. The molecule has 0 N–H and O–H groups in total. The molecular formula is C16H22N2O4S. The minimum atomic E-state index is -3.19. The molecule has 1 atom stereocenters. The van der Waals surface area contributed by atoms with Crippen molar-refractivity contribution in [2.45, 2.75) is 26.3 Å². The van der Waals surface area contributed by atoms with Crippen LogP contribution in [-0.2, 0) is 19.4 Å². The summed E-state index contributed by atoms with van der Waals surface area (Å²) in [6.07, 6.45) is 1.02. The first-order valence-corrected chi connectivity index (χ1v) is 9.57. The molecule has 1 heterocycles. The molecule has 0 aliphatic carbocycles. The number of sulfone groups is 1. The largest absolute Gasteiger partial charge is 0.329 e. The van der Waals surface area contributed by atoms with Crippen molar-refractivity contribution in [1.82, 2.24) is 4.90 Å². The van der Waals surface area contributed by atoms with Gasteiger partial charge in [-0.25, -0.2) is 8.42 Å². The maximum atomic E-state index is 12.4. The number of carbonyl (C=O) groups is 2. The maximum absolute atomic E-state index is 12.4. The summed E-state index contributed by atoms with van der Waals surface area (Å²) in [5.41, 5.74) is 1.93. The molecule has 6 nitrogen and oxygen atoms in total. The van der Waals surface area contributed by atoms with Gasteiger partial charge in [-0.15, -0.1) is 0 Å². The Hall–Kier alpha value is -1.89. The molecule has 7 heteroatoms. The van der Waals surface area contributed by atoms with E-state index in [0.717, 1.165) is 17.5 Å². The second-order valence-corrected chi connectivity index (χ2v) is 8.35. The van der Waals surface area contributed by atoms with Crippen LogP contribution in [0.5, 0.6) is 0 Å². The predicted octanol–water partition coefficient (Wildman–Crippen LogP) is 0.993. The third-order valence-corrected chi connectivity index (χ3v) is 4.88. The topological polar surface area (TPSA) is 74.8 Å². The van der Waals surface area contributed by atoms with Crippen molar-refractivity contribution in [3.8, 4) is 0 Å². The zero-order valence-corrected chi connectivity index (χ0v) is 14.5. The van der Waals surface area contributed by atoms with Crippen molar-refractivity contribution >= 4 is 27.3 Å². The average molecular weight is 338 g/mol. The summed E-state index contributed by atoms with van der Waals surface area (Å²) in [5, 5.41) is 0. The van der Waals surface area contributed by atoms with Gasteiger partial charge in [0, 0.05) is 31.0 Å². The summed E-state index contributed by atoms with van der Waals surface area (Å²) in [6, 6.07) is 7.51. The minimum absolute atomic E-state index is 0.0162. The second kappa shape index (κ2) is 6.70. The first kappa shape index (κ1) is 17.5. The van der Waals surface area contributed by atoms with Gasteiger partial charge in [-0.05, 0) is 26.0 Å². The highest BCUT2D eigenvalue weighted by Crippen LogP contribution is 2.21. The van der Waals surface area contributed by atoms with Crippen molar-refractivity contribution in [3.63, 3.8) is 0 Å². The van der Waals surface area contributed by atoms with Gasteiger partial charge in [-0.1, -0.05) is 17.7 Å². The Morgan fingerprint density at radius 2 is 1.87 bits per heavy atom. The van der Waals surface area contributed by atoms with Crippen molar-refractivity contribution in [3.05, 3.63) is 29.8 Å². The lowest BCUT2D eigenvalue weighted by Crippen LogP contribution is -2.57. The normalized spacial score (nSPS) is 19.1. The van der Waals surface area contributed by atoms with Crippen LogP contribution in [-0.4, -0.2) is 56.3 Å². The van der Waals surface area contributed by atoms with Crippen LogP contribution in [0.2, 0.25) is 0 Å². The number of benzene rings is 1. The van der Waals surface area contributed by atoms with E-state index in [2.05, 4.69) is 0 Å². The van der Waals surface area contributed by atoms with Gasteiger partial charge >= 0.3 is 0 Å². The van der Waals surface area contributed by atoms with E-state index in [-0.39, 0.29) is 36.6 Å². The molecule has 1 aliphatic heterocycles. The van der Waals surface area contributed by atoms with E-state index in [1.54, 1.807) is 4.90 Å². The lowest BCUT2D eigenvalue weighted by Gasteiger charge is -2.39. The Balaban J connectivity index is 2.05. The van der Waals surface area contributed by atoms with Gasteiger partial charge in [0.2, 0.25) is 11.8 Å². The van der Waals surface area contributed by atoms with Crippen LogP contribution >= 0.6 is 0 Å². The van der Waals surface area contributed by atoms with Crippen LogP contribution in [0.1, 0.15) is 18.9 Å². The van der Waals surface area contributed by atoms with E-state index >= 15 is 0 Å². The molecule has 1 aromatic rings. The van der Waals surface area contributed by atoms with Gasteiger partial charge in [-0.3, -0.25) is 9.59 Å². The lowest BCUT2D eigenvalue weighted by molar-refractivity contribution is -0.139. The summed E-state index contributed by atoms with van der Waals surface area (Å²) < 4.78 is 22.4. The number of piperazine rings is 1. The highest BCUT2D eigenvalue weighted by Gasteiger charge is 2.33. The molecule has 1 aromatic carbocycles. The molecule has 126 valence electrons. The fraction of sp³-hybridized carbons (Fsp3) is 0.500. The van der Waals surface area contributed by atoms with Crippen LogP contribution in [0.4, 0.5) is 5.69 Å². The summed E-state index contributed by atoms with van der Waals surface area (Å²) >= 11 is 0. The van der Waals surface area contributed by atoms with Crippen LogP contribution in [0, 0.1) is 6.92 Å². The first-order valence-electron chi connectivity index (χ1n) is 7.51. The lowest BCUT2D eigenvalue weighted by atomic mass is 10.1. The summed E-state index contributed by atoms with van der Waals surface area (Å²) in [4.78, 5) is 27.7. The molecule has 0 bridgehead atoms. The third-order valence-electron chi connectivity index (χ3n) is 3.94. The number of rotatable bonds is 4. The van der Waals surface area contributed by atoms with Gasteiger partial charge < -0.3 is 9.80 Å². The number of nitrogens with zero attached hydrogens (tertiary/aromatic N) is 2. The molecular weight excluding hydrogens is 316 g/mol. The molecule has 1 fully saturated rings. The molecule has 2 amide bonds. The quantitative estimate of drug-likeness (QED) is 0.821. The standard InChI is InChI=1S/C16H22N2O4S/c1-12-4-6-14(7-5-12)18-10-13(2)17(11-16(18)20)15(19)8-9-23(3,21)22/h4-7,13H,8-11H2,1-3H3/t13-/m0/s1. The van der Waals surface area contributed by atoms with E-state index in [9.17, 15) is 18.0 Å². The van der Waals surface area contributed by atoms with Crippen molar-refractivity contribution in [2.24, 2.45) is 0 Å². The van der Waals surface area contributed by atoms with Crippen LogP contribution in [0.3, 0.4) is 0 Å². The second-order valence-electron chi connectivity index (χ2n) is 6.09. The highest BCUT2D eigenvalue weighted by atomic mass is 32.2. The summed E-state index contributed by atoms with van der Waals surface area (Å²) in [5.74, 6) is -0.634. The number of aryl methyl sites for hydroxylation is 1. The van der Waals surface area contributed by atoms with Gasteiger partial charge in [0.15, 0.2) is 0 Å². The minimum Gasteiger partial charge on any atom is -0.329 e. The molecule has 0 saturated carbocycles. The molecule has 1 saturated heterocycles.